The Hall–Kier alpha value is -1.68. The summed E-state index contributed by atoms with van der Waals surface area (Å²) in [6, 6.07) is 7.12. The summed E-state index contributed by atoms with van der Waals surface area (Å²) < 4.78 is 9.64. The molecule has 1 aromatic rings. The summed E-state index contributed by atoms with van der Waals surface area (Å²) in [4.78, 5) is 22.7. The second-order valence-corrected chi connectivity index (χ2v) is 3.59. The lowest BCUT2D eigenvalue weighted by molar-refractivity contribution is -0.147. The summed E-state index contributed by atoms with van der Waals surface area (Å²) >= 11 is 0. The lowest BCUT2D eigenvalue weighted by Crippen LogP contribution is -2.18. The predicted molar refractivity (Wildman–Crippen MR) is 63.0 cm³/mol. The molecular formula is C13H16O4. The maximum absolute atomic E-state index is 11.6. The second-order valence-electron chi connectivity index (χ2n) is 3.59. The van der Waals surface area contributed by atoms with Crippen molar-refractivity contribution in [1.29, 1.82) is 0 Å². The molecule has 0 amide bonds. The van der Waals surface area contributed by atoms with Crippen molar-refractivity contribution in [3.63, 3.8) is 0 Å². The molecule has 1 rings (SSSR count). The number of benzene rings is 1. The van der Waals surface area contributed by atoms with E-state index in [1.165, 1.54) is 0 Å². The van der Waals surface area contributed by atoms with Crippen LogP contribution in [0.3, 0.4) is 0 Å². The van der Waals surface area contributed by atoms with Crippen molar-refractivity contribution < 1.29 is 19.1 Å². The van der Waals surface area contributed by atoms with E-state index in [1.54, 1.807) is 19.1 Å². The number of hydrogen-bond acceptors (Lipinski definition) is 4. The molecule has 4 heteroatoms. The summed E-state index contributed by atoms with van der Waals surface area (Å²) in [6.07, 6.45) is 0. The van der Waals surface area contributed by atoms with Gasteiger partial charge in [0.1, 0.15) is 6.61 Å². The number of carbonyl (C=O) groups excluding carboxylic acids is 2. The van der Waals surface area contributed by atoms with Crippen LogP contribution >= 0.6 is 0 Å². The van der Waals surface area contributed by atoms with E-state index in [0.717, 1.165) is 5.56 Å². The zero-order valence-electron chi connectivity index (χ0n) is 10.1. The Morgan fingerprint density at radius 2 is 1.76 bits per heavy atom. The predicted octanol–water partition coefficient (Wildman–Crippen LogP) is 1.76. The molecule has 0 bridgehead atoms. The molecule has 0 aliphatic rings. The third-order valence-electron chi connectivity index (χ3n) is 2.16. The minimum Gasteiger partial charge on any atom is -0.456 e. The van der Waals surface area contributed by atoms with Crippen LogP contribution in [0.2, 0.25) is 0 Å². The third kappa shape index (κ3) is 4.78. The average Bonchev–Trinajstić information content (AvgIpc) is 2.34. The monoisotopic (exact) mass is 236 g/mol. The Kier molecular flexibility index (Phi) is 5.36. The SMILES string of the molecule is CCOCC(=O)OCC(=O)c1ccc(C)cc1. The Balaban J connectivity index is 2.39. The number of ether oxygens (including phenoxy) is 2. The van der Waals surface area contributed by atoms with E-state index in [0.29, 0.717) is 12.2 Å². The van der Waals surface area contributed by atoms with Gasteiger partial charge in [-0.2, -0.15) is 0 Å². The van der Waals surface area contributed by atoms with Gasteiger partial charge < -0.3 is 9.47 Å². The van der Waals surface area contributed by atoms with Crippen molar-refractivity contribution in [2.24, 2.45) is 0 Å². The highest BCUT2D eigenvalue weighted by Crippen LogP contribution is 2.04. The van der Waals surface area contributed by atoms with Gasteiger partial charge in [-0.1, -0.05) is 29.8 Å². The summed E-state index contributed by atoms with van der Waals surface area (Å²) in [6.45, 7) is 3.81. The van der Waals surface area contributed by atoms with Gasteiger partial charge in [-0.15, -0.1) is 0 Å². The van der Waals surface area contributed by atoms with Crippen LogP contribution in [0.25, 0.3) is 0 Å². The molecule has 0 saturated carbocycles. The molecule has 0 fully saturated rings. The number of ketones is 1. The van der Waals surface area contributed by atoms with Crippen LogP contribution in [0.1, 0.15) is 22.8 Å². The molecule has 17 heavy (non-hydrogen) atoms. The Labute approximate surface area is 101 Å². The van der Waals surface area contributed by atoms with E-state index in [1.807, 2.05) is 19.1 Å². The lowest BCUT2D eigenvalue weighted by Gasteiger charge is -2.04. The Bertz CT molecular complexity index is 381. The second kappa shape index (κ2) is 6.81. The summed E-state index contributed by atoms with van der Waals surface area (Å²) in [5, 5.41) is 0. The number of hydrogen-bond donors (Lipinski definition) is 0. The van der Waals surface area contributed by atoms with E-state index in [2.05, 4.69) is 0 Å². The topological polar surface area (TPSA) is 52.6 Å². The van der Waals surface area contributed by atoms with Crippen LogP contribution in [0.4, 0.5) is 0 Å². The van der Waals surface area contributed by atoms with Gasteiger partial charge in [0.15, 0.2) is 12.4 Å². The van der Waals surface area contributed by atoms with Gasteiger partial charge in [-0.05, 0) is 13.8 Å². The van der Waals surface area contributed by atoms with E-state index < -0.39 is 5.97 Å². The van der Waals surface area contributed by atoms with Crippen molar-refractivity contribution >= 4 is 11.8 Å². The molecule has 0 aromatic heterocycles. The molecule has 1 aromatic carbocycles. The molecule has 92 valence electrons. The first-order valence-corrected chi connectivity index (χ1v) is 5.46. The van der Waals surface area contributed by atoms with Crippen LogP contribution in [-0.2, 0) is 14.3 Å². The van der Waals surface area contributed by atoms with Crippen molar-refractivity contribution in [2.75, 3.05) is 19.8 Å². The smallest absolute Gasteiger partial charge is 0.332 e. The molecule has 0 radical (unpaired) electrons. The minimum absolute atomic E-state index is 0.113. The van der Waals surface area contributed by atoms with Crippen LogP contribution in [0, 0.1) is 6.92 Å². The van der Waals surface area contributed by atoms with Crippen molar-refractivity contribution in [3.8, 4) is 0 Å². The first-order valence-electron chi connectivity index (χ1n) is 5.46. The molecule has 0 N–H and O–H groups in total. The number of Topliss-reactive ketones (excluding diaryl/α,β-unsaturated/α-hetero) is 1. The van der Waals surface area contributed by atoms with Crippen molar-refractivity contribution in [3.05, 3.63) is 35.4 Å². The number of esters is 1. The van der Waals surface area contributed by atoms with E-state index in [9.17, 15) is 9.59 Å². The van der Waals surface area contributed by atoms with Gasteiger partial charge in [0, 0.05) is 12.2 Å². The zero-order valence-corrected chi connectivity index (χ0v) is 10.1. The average molecular weight is 236 g/mol. The number of aryl methyl sites for hydroxylation is 1. The highest BCUT2D eigenvalue weighted by molar-refractivity contribution is 5.97. The standard InChI is InChI=1S/C13H16O4/c1-3-16-9-13(15)17-8-12(14)11-6-4-10(2)5-7-11/h4-7H,3,8-9H2,1-2H3. The highest BCUT2D eigenvalue weighted by atomic mass is 16.6. The number of rotatable bonds is 6. The first-order chi connectivity index (χ1) is 8.13. The third-order valence-corrected chi connectivity index (χ3v) is 2.16. The van der Waals surface area contributed by atoms with Crippen LogP contribution in [0.15, 0.2) is 24.3 Å². The van der Waals surface area contributed by atoms with Crippen molar-refractivity contribution in [1.82, 2.24) is 0 Å². The Morgan fingerprint density at radius 1 is 1.12 bits per heavy atom. The van der Waals surface area contributed by atoms with E-state index in [4.69, 9.17) is 9.47 Å². The van der Waals surface area contributed by atoms with Gasteiger partial charge >= 0.3 is 5.97 Å². The summed E-state index contributed by atoms with van der Waals surface area (Å²) in [5.74, 6) is -0.734. The fourth-order valence-electron chi connectivity index (χ4n) is 1.20. The Morgan fingerprint density at radius 3 is 2.35 bits per heavy atom. The van der Waals surface area contributed by atoms with E-state index in [-0.39, 0.29) is 19.0 Å². The molecular weight excluding hydrogens is 220 g/mol. The maximum Gasteiger partial charge on any atom is 0.332 e. The van der Waals surface area contributed by atoms with Crippen LogP contribution in [0.5, 0.6) is 0 Å². The van der Waals surface area contributed by atoms with Gasteiger partial charge in [0.2, 0.25) is 0 Å². The van der Waals surface area contributed by atoms with Gasteiger partial charge in [0.05, 0.1) is 0 Å². The molecule has 0 aliphatic carbocycles. The fraction of sp³-hybridized carbons (Fsp3) is 0.385. The molecule has 0 unspecified atom stereocenters. The van der Waals surface area contributed by atoms with Crippen LogP contribution in [-0.4, -0.2) is 31.6 Å². The molecule has 0 atom stereocenters. The van der Waals surface area contributed by atoms with Gasteiger partial charge in [-0.25, -0.2) is 4.79 Å². The minimum atomic E-state index is -0.521. The van der Waals surface area contributed by atoms with E-state index >= 15 is 0 Å². The van der Waals surface area contributed by atoms with Gasteiger partial charge in [-0.3, -0.25) is 4.79 Å². The largest absolute Gasteiger partial charge is 0.456 e. The van der Waals surface area contributed by atoms with Crippen LogP contribution < -0.4 is 0 Å². The lowest BCUT2D eigenvalue weighted by atomic mass is 10.1. The zero-order chi connectivity index (χ0) is 12.7. The maximum atomic E-state index is 11.6. The fourth-order valence-corrected chi connectivity index (χ4v) is 1.20. The molecule has 0 spiro atoms. The first kappa shape index (κ1) is 13.4. The quantitative estimate of drug-likeness (QED) is 0.558. The van der Waals surface area contributed by atoms with Crippen molar-refractivity contribution in [2.45, 2.75) is 13.8 Å². The molecule has 0 saturated heterocycles. The highest BCUT2D eigenvalue weighted by Gasteiger charge is 2.09. The summed E-state index contributed by atoms with van der Waals surface area (Å²) in [5.41, 5.74) is 1.62. The van der Waals surface area contributed by atoms with Gasteiger partial charge in [0.25, 0.3) is 0 Å². The number of carbonyl (C=O) groups is 2. The summed E-state index contributed by atoms with van der Waals surface area (Å²) in [7, 11) is 0. The normalized spacial score (nSPS) is 10.0. The molecule has 0 aliphatic heterocycles. The molecule has 4 nitrogen and oxygen atoms in total. The molecule has 0 heterocycles.